The first-order valence-electron chi connectivity index (χ1n) is 15.2. The molecule has 0 bridgehead atoms. The number of esters is 3. The van der Waals surface area contributed by atoms with Gasteiger partial charge in [0.2, 0.25) is 0 Å². The Hall–Kier alpha value is -3.59. The number of carbonyl (C=O) groups is 3. The molecule has 0 N–H and O–H groups in total. The van der Waals surface area contributed by atoms with Gasteiger partial charge in [0, 0.05) is 12.2 Å². The number of halogens is 6. The number of benzene rings is 1. The molecular formula is C32H40F6O9. The Morgan fingerprint density at radius 3 is 1.66 bits per heavy atom. The van der Waals surface area contributed by atoms with Gasteiger partial charge in [0.1, 0.15) is 28.5 Å². The molecule has 15 heteroatoms. The number of ether oxygens (including phenoxy) is 6. The van der Waals surface area contributed by atoms with Crippen molar-refractivity contribution < 1.29 is 69.1 Å². The van der Waals surface area contributed by atoms with Gasteiger partial charge in [-0.3, -0.25) is 4.79 Å². The van der Waals surface area contributed by atoms with E-state index in [1.165, 1.54) is 0 Å². The Kier molecular flexibility index (Phi) is 16.8. The van der Waals surface area contributed by atoms with Crippen molar-refractivity contribution in [2.45, 2.75) is 82.9 Å². The number of alkyl halides is 6. The lowest BCUT2D eigenvalue weighted by atomic mass is 10.0. The fraction of sp³-hybridized carbons (Fsp3) is 0.594. The monoisotopic (exact) mass is 682 g/mol. The first kappa shape index (κ1) is 39.6. The number of rotatable bonds is 20. The highest BCUT2D eigenvalue weighted by Gasteiger charge is 2.49. The summed E-state index contributed by atoms with van der Waals surface area (Å²) >= 11 is 0. The average molecular weight is 683 g/mol. The van der Waals surface area contributed by atoms with Gasteiger partial charge < -0.3 is 28.4 Å². The van der Waals surface area contributed by atoms with Crippen molar-refractivity contribution in [3.05, 3.63) is 48.6 Å². The van der Waals surface area contributed by atoms with Crippen LogP contribution in [0.2, 0.25) is 0 Å². The molecule has 47 heavy (non-hydrogen) atoms. The molecule has 0 atom stereocenters. The maximum absolute atomic E-state index is 14.0. The van der Waals surface area contributed by atoms with E-state index >= 15 is 0 Å². The van der Waals surface area contributed by atoms with E-state index < -0.39 is 65.1 Å². The Balaban J connectivity index is 1.90. The summed E-state index contributed by atoms with van der Waals surface area (Å²) in [7, 11) is 0. The number of unbranched alkanes of at least 4 members (excludes halogenated alkanes) is 7. The van der Waals surface area contributed by atoms with Gasteiger partial charge in [0.05, 0.1) is 33.0 Å². The van der Waals surface area contributed by atoms with Crippen molar-refractivity contribution in [3.63, 3.8) is 0 Å². The molecule has 1 aromatic carbocycles. The van der Waals surface area contributed by atoms with Gasteiger partial charge in [-0.1, -0.05) is 32.4 Å². The average Bonchev–Trinajstić information content (AvgIpc) is 3.02. The van der Waals surface area contributed by atoms with Crippen molar-refractivity contribution in [1.29, 1.82) is 0 Å². The summed E-state index contributed by atoms with van der Waals surface area (Å²) in [5.74, 6) is -5.81. The van der Waals surface area contributed by atoms with Crippen LogP contribution in [0.1, 0.15) is 75.3 Å². The molecule has 1 aliphatic rings. The minimum atomic E-state index is -5.54. The zero-order valence-electron chi connectivity index (χ0n) is 25.9. The molecule has 2 rings (SSSR count). The third-order valence-electron chi connectivity index (χ3n) is 6.91. The minimum Gasteiger partial charge on any atom is -0.493 e. The van der Waals surface area contributed by atoms with E-state index in [0.717, 1.165) is 37.8 Å². The third kappa shape index (κ3) is 14.4. The number of hydrogen-bond donors (Lipinski definition) is 0. The van der Waals surface area contributed by atoms with E-state index in [0.29, 0.717) is 50.8 Å². The zero-order chi connectivity index (χ0) is 34.9. The van der Waals surface area contributed by atoms with E-state index in [1.807, 2.05) is 0 Å². The van der Waals surface area contributed by atoms with Crippen LogP contribution in [0, 0.1) is 5.92 Å². The van der Waals surface area contributed by atoms with E-state index in [9.17, 15) is 40.7 Å². The van der Waals surface area contributed by atoms with Gasteiger partial charge in [-0.25, -0.2) is 9.59 Å². The number of hydrogen-bond acceptors (Lipinski definition) is 9. The van der Waals surface area contributed by atoms with Gasteiger partial charge in [-0.05, 0) is 57.1 Å². The molecule has 0 saturated carbocycles. The molecule has 9 nitrogen and oxygen atoms in total. The summed E-state index contributed by atoms with van der Waals surface area (Å²) in [6.45, 7) is 6.19. The normalized spacial score (nSPS) is 16.6. The molecule has 0 amide bonds. The molecule has 264 valence electrons. The van der Waals surface area contributed by atoms with Crippen LogP contribution >= 0.6 is 0 Å². The molecule has 1 saturated heterocycles. The fourth-order valence-electron chi connectivity index (χ4n) is 4.52. The molecule has 0 aliphatic carbocycles. The van der Waals surface area contributed by atoms with E-state index in [2.05, 4.69) is 13.2 Å². The van der Waals surface area contributed by atoms with Crippen LogP contribution in [0.4, 0.5) is 26.3 Å². The molecule has 0 unspecified atom stereocenters. The summed E-state index contributed by atoms with van der Waals surface area (Å²) < 4.78 is 115. The summed E-state index contributed by atoms with van der Waals surface area (Å²) in [6, 6.07) is 1.31. The van der Waals surface area contributed by atoms with Gasteiger partial charge in [0.25, 0.3) is 0 Å². The summed E-state index contributed by atoms with van der Waals surface area (Å²) in [4.78, 5) is 34.7. The number of carbonyl (C=O) groups excluding carboxylic acids is 3. The second-order valence-electron chi connectivity index (χ2n) is 10.6. The molecule has 0 aromatic heterocycles. The van der Waals surface area contributed by atoms with Gasteiger partial charge in [0.15, 0.2) is 6.29 Å². The molecule has 1 aliphatic heterocycles. The highest BCUT2D eigenvalue weighted by molar-refractivity contribution is 5.81. The van der Waals surface area contributed by atoms with Crippen LogP contribution in [0.5, 0.6) is 11.5 Å². The van der Waals surface area contributed by atoms with Crippen molar-refractivity contribution in [2.24, 2.45) is 5.92 Å². The summed E-state index contributed by atoms with van der Waals surface area (Å²) in [5.41, 5.74) is -4.27. The summed E-state index contributed by atoms with van der Waals surface area (Å²) in [6.07, 6.45) is -3.42. The first-order chi connectivity index (χ1) is 22.3. The third-order valence-corrected chi connectivity index (χ3v) is 6.91. The van der Waals surface area contributed by atoms with Crippen molar-refractivity contribution >= 4 is 17.9 Å². The van der Waals surface area contributed by atoms with E-state index in [-0.39, 0.29) is 32.8 Å². The highest BCUT2D eigenvalue weighted by Crippen LogP contribution is 2.49. The fourth-order valence-corrected chi connectivity index (χ4v) is 4.52. The van der Waals surface area contributed by atoms with Crippen LogP contribution in [0.3, 0.4) is 0 Å². The highest BCUT2D eigenvalue weighted by atomic mass is 19.4. The molecule has 1 heterocycles. The Morgan fingerprint density at radius 2 is 1.15 bits per heavy atom. The lowest BCUT2D eigenvalue weighted by Gasteiger charge is -2.28. The Morgan fingerprint density at radius 1 is 0.702 bits per heavy atom. The lowest BCUT2D eigenvalue weighted by Crippen LogP contribution is -2.38. The second-order valence-corrected chi connectivity index (χ2v) is 10.6. The maximum Gasteiger partial charge on any atom is 0.420 e. The van der Waals surface area contributed by atoms with Crippen LogP contribution < -0.4 is 9.47 Å². The van der Waals surface area contributed by atoms with Gasteiger partial charge in [-0.15, -0.1) is 0 Å². The topological polar surface area (TPSA) is 107 Å². The molecule has 1 aromatic rings. The maximum atomic E-state index is 14.0. The molecule has 0 spiro atoms. The van der Waals surface area contributed by atoms with Crippen molar-refractivity contribution in [3.8, 4) is 11.5 Å². The molecule has 0 radical (unpaired) electrons. The van der Waals surface area contributed by atoms with Crippen LogP contribution in [-0.2, 0) is 45.7 Å². The zero-order valence-corrected chi connectivity index (χ0v) is 25.9. The smallest absolute Gasteiger partial charge is 0.420 e. The Bertz CT molecular complexity index is 1170. The van der Waals surface area contributed by atoms with Crippen molar-refractivity contribution in [1.82, 2.24) is 0 Å². The van der Waals surface area contributed by atoms with Gasteiger partial charge in [-0.2, -0.15) is 26.3 Å². The second kappa shape index (κ2) is 19.9. The Labute approximate surface area is 269 Å². The molecular weight excluding hydrogens is 642 g/mol. The predicted octanol–water partition coefficient (Wildman–Crippen LogP) is 7.36. The minimum absolute atomic E-state index is 0.124. The standard InChI is InChI=1S/C32H40F6O9/c1-3-25(39)43-18-12-7-5-6-10-14-27-45-20-22(21-46-27)30(41)47-24-16-15-23(28(31(33,34)35)29(24)32(36,37)38)42-17-11-8-9-13-19-44-26(40)4-2/h3-4,15-16,22,27H,1-2,5-14,17-21H2. The van der Waals surface area contributed by atoms with Crippen molar-refractivity contribution in [2.75, 3.05) is 33.0 Å². The van der Waals surface area contributed by atoms with E-state index in [4.69, 9.17) is 28.4 Å². The molecule has 1 fully saturated rings. The lowest BCUT2D eigenvalue weighted by molar-refractivity contribution is -0.208. The van der Waals surface area contributed by atoms with Crippen LogP contribution in [0.15, 0.2) is 37.4 Å². The predicted molar refractivity (Wildman–Crippen MR) is 155 cm³/mol. The quantitative estimate of drug-likeness (QED) is 0.0459. The van der Waals surface area contributed by atoms with E-state index in [1.54, 1.807) is 0 Å². The summed E-state index contributed by atoms with van der Waals surface area (Å²) in [5, 5.41) is 0. The van der Waals surface area contributed by atoms with Gasteiger partial charge >= 0.3 is 30.3 Å². The first-order valence-corrected chi connectivity index (χ1v) is 15.2. The van der Waals surface area contributed by atoms with Crippen LogP contribution in [-0.4, -0.2) is 57.2 Å². The SMILES string of the molecule is C=CC(=O)OCCCCCCCC1OCC(C(=O)Oc2ccc(OCCCCCCOC(=O)C=C)c(C(F)(F)F)c2C(F)(F)F)CO1. The largest absolute Gasteiger partial charge is 0.493 e. The van der Waals surface area contributed by atoms with Crippen LogP contribution in [0.25, 0.3) is 0 Å².